The second-order valence-electron chi connectivity index (χ2n) is 2.70. The average molecular weight is 145 g/mol. The van der Waals surface area contributed by atoms with E-state index in [2.05, 4.69) is 11.1 Å². The fraction of sp³-hybridized carbons (Fsp3) is 0.222. The number of rotatable bonds is 0. The monoisotopic (exact) mass is 145 g/mol. The summed E-state index contributed by atoms with van der Waals surface area (Å²) >= 11 is 0. The fourth-order valence-electron chi connectivity index (χ4n) is 1.29. The Balaban J connectivity index is 2.91. The topological polar surface area (TPSA) is 17.3 Å². The summed E-state index contributed by atoms with van der Waals surface area (Å²) in [7, 11) is 0. The summed E-state index contributed by atoms with van der Waals surface area (Å²) in [5.74, 6) is 0. The van der Waals surface area contributed by atoms with Gasteiger partial charge in [0, 0.05) is 18.5 Å². The van der Waals surface area contributed by atoms with E-state index >= 15 is 0 Å². The lowest BCUT2D eigenvalue weighted by molar-refractivity contribution is 1.04. The smallest absolute Gasteiger partial charge is 0.0670 e. The van der Waals surface area contributed by atoms with Crippen molar-refractivity contribution >= 4 is 5.52 Å². The van der Waals surface area contributed by atoms with E-state index in [1.165, 1.54) is 0 Å². The zero-order chi connectivity index (χ0) is 7.84. The molecule has 2 rings (SSSR count). The molecule has 2 aromatic rings. The van der Waals surface area contributed by atoms with Crippen LogP contribution in [0.25, 0.3) is 5.52 Å². The van der Waals surface area contributed by atoms with Crippen LogP contribution in [0.1, 0.15) is 11.4 Å². The Morgan fingerprint density at radius 1 is 1.45 bits per heavy atom. The van der Waals surface area contributed by atoms with Gasteiger partial charge in [-0.05, 0) is 19.9 Å². The Bertz CT molecular complexity index is 387. The number of fused-ring (bicyclic) bond motifs is 1. The molecule has 2 heteroatoms. The molecule has 1 radical (unpaired) electrons. The minimum atomic E-state index is 1.04. The van der Waals surface area contributed by atoms with Crippen LogP contribution in [0.2, 0.25) is 0 Å². The minimum absolute atomic E-state index is 1.04. The maximum Gasteiger partial charge on any atom is 0.0670 e. The highest BCUT2D eigenvalue weighted by molar-refractivity contribution is 5.51. The van der Waals surface area contributed by atoms with E-state index in [1.54, 1.807) is 0 Å². The van der Waals surface area contributed by atoms with Crippen LogP contribution in [0, 0.1) is 19.9 Å². The molecule has 0 fully saturated rings. The summed E-state index contributed by atoms with van der Waals surface area (Å²) in [4.78, 5) is 4.33. The van der Waals surface area contributed by atoms with E-state index in [0.717, 1.165) is 16.9 Å². The third-order valence-corrected chi connectivity index (χ3v) is 1.75. The van der Waals surface area contributed by atoms with Crippen LogP contribution in [-0.2, 0) is 0 Å². The third-order valence-electron chi connectivity index (χ3n) is 1.75. The van der Waals surface area contributed by atoms with E-state index in [4.69, 9.17) is 0 Å². The number of hydrogen-bond donors (Lipinski definition) is 0. The standard InChI is InChI=1S/C9H9N2/c1-7-6-11-5-3-4-9(11)8(2)10-7/h4-6H,1-2H3. The van der Waals surface area contributed by atoms with Gasteiger partial charge < -0.3 is 4.40 Å². The van der Waals surface area contributed by atoms with E-state index in [1.807, 2.05) is 36.7 Å². The Labute approximate surface area is 65.5 Å². The number of aromatic nitrogens is 2. The fourth-order valence-corrected chi connectivity index (χ4v) is 1.29. The van der Waals surface area contributed by atoms with E-state index in [9.17, 15) is 0 Å². The van der Waals surface area contributed by atoms with Crippen LogP contribution in [0.4, 0.5) is 0 Å². The molecule has 0 unspecified atom stereocenters. The number of hydrogen-bond acceptors (Lipinski definition) is 1. The van der Waals surface area contributed by atoms with Gasteiger partial charge in [0.15, 0.2) is 0 Å². The summed E-state index contributed by atoms with van der Waals surface area (Å²) < 4.78 is 2.04. The highest BCUT2D eigenvalue weighted by Gasteiger charge is 1.97. The average Bonchev–Trinajstić information content (AvgIpc) is 2.34. The number of nitrogens with zero attached hydrogens (tertiary/aromatic N) is 2. The first-order valence-corrected chi connectivity index (χ1v) is 3.59. The lowest BCUT2D eigenvalue weighted by Gasteiger charge is -1.99. The van der Waals surface area contributed by atoms with E-state index in [-0.39, 0.29) is 0 Å². The highest BCUT2D eigenvalue weighted by atomic mass is 14.9. The van der Waals surface area contributed by atoms with Crippen LogP contribution >= 0.6 is 0 Å². The summed E-state index contributed by atoms with van der Waals surface area (Å²) in [6.45, 7) is 4.00. The summed E-state index contributed by atoms with van der Waals surface area (Å²) in [6, 6.07) is 4.97. The van der Waals surface area contributed by atoms with Gasteiger partial charge >= 0.3 is 0 Å². The van der Waals surface area contributed by atoms with Gasteiger partial charge in [-0.3, -0.25) is 4.98 Å². The molecular weight excluding hydrogens is 136 g/mol. The largest absolute Gasteiger partial charge is 0.320 e. The predicted octanol–water partition coefficient (Wildman–Crippen LogP) is 1.75. The van der Waals surface area contributed by atoms with Gasteiger partial charge in [0.1, 0.15) is 0 Å². The summed E-state index contributed by atoms with van der Waals surface area (Å²) in [5.41, 5.74) is 3.24. The molecule has 0 saturated heterocycles. The van der Waals surface area contributed by atoms with Crippen molar-refractivity contribution in [3.8, 4) is 0 Å². The summed E-state index contributed by atoms with van der Waals surface area (Å²) in [5, 5.41) is 0. The molecule has 0 saturated carbocycles. The van der Waals surface area contributed by atoms with Gasteiger partial charge in [0.2, 0.25) is 0 Å². The van der Waals surface area contributed by atoms with Crippen molar-refractivity contribution in [2.45, 2.75) is 13.8 Å². The Morgan fingerprint density at radius 3 is 3.09 bits per heavy atom. The normalized spacial score (nSPS) is 10.7. The molecule has 2 heterocycles. The molecule has 55 valence electrons. The second-order valence-corrected chi connectivity index (χ2v) is 2.70. The first-order chi connectivity index (χ1) is 5.27. The second kappa shape index (κ2) is 2.09. The van der Waals surface area contributed by atoms with Crippen molar-refractivity contribution < 1.29 is 0 Å². The SMILES string of the molecule is Cc1cn2c[c]cc2c(C)n1. The molecule has 0 bridgehead atoms. The van der Waals surface area contributed by atoms with Crippen molar-refractivity contribution in [3.63, 3.8) is 0 Å². The zero-order valence-corrected chi connectivity index (χ0v) is 6.63. The van der Waals surface area contributed by atoms with Crippen LogP contribution in [0.5, 0.6) is 0 Å². The zero-order valence-electron chi connectivity index (χ0n) is 6.63. The molecule has 2 nitrogen and oxygen atoms in total. The molecule has 0 amide bonds. The van der Waals surface area contributed by atoms with Gasteiger partial charge in [0.25, 0.3) is 0 Å². The van der Waals surface area contributed by atoms with Crippen molar-refractivity contribution in [2.75, 3.05) is 0 Å². The minimum Gasteiger partial charge on any atom is -0.320 e. The molecular formula is C9H9N2. The van der Waals surface area contributed by atoms with E-state index in [0.29, 0.717) is 0 Å². The lowest BCUT2D eigenvalue weighted by atomic mass is 10.3. The maximum atomic E-state index is 4.33. The molecule has 0 aromatic carbocycles. The molecule has 0 N–H and O–H groups in total. The molecule has 2 aromatic heterocycles. The van der Waals surface area contributed by atoms with Crippen LogP contribution in [0.15, 0.2) is 18.5 Å². The molecule has 0 spiro atoms. The predicted molar refractivity (Wildman–Crippen MR) is 43.5 cm³/mol. The van der Waals surface area contributed by atoms with Crippen LogP contribution < -0.4 is 0 Å². The van der Waals surface area contributed by atoms with E-state index < -0.39 is 0 Å². The van der Waals surface area contributed by atoms with Crippen LogP contribution in [-0.4, -0.2) is 9.38 Å². The Hall–Kier alpha value is -1.31. The Kier molecular flexibility index (Phi) is 1.22. The summed E-state index contributed by atoms with van der Waals surface area (Å²) in [6.07, 6.45) is 3.91. The molecule has 0 atom stereocenters. The Morgan fingerprint density at radius 2 is 2.27 bits per heavy atom. The highest BCUT2D eigenvalue weighted by Crippen LogP contribution is 2.08. The first-order valence-electron chi connectivity index (χ1n) is 3.59. The van der Waals surface area contributed by atoms with Crippen molar-refractivity contribution in [1.29, 1.82) is 0 Å². The molecule has 0 aliphatic heterocycles. The van der Waals surface area contributed by atoms with Crippen molar-refractivity contribution in [3.05, 3.63) is 35.9 Å². The van der Waals surface area contributed by atoms with Gasteiger partial charge in [-0.1, -0.05) is 0 Å². The lowest BCUT2D eigenvalue weighted by Crippen LogP contribution is -1.92. The maximum absolute atomic E-state index is 4.33. The van der Waals surface area contributed by atoms with Crippen molar-refractivity contribution in [2.24, 2.45) is 0 Å². The van der Waals surface area contributed by atoms with Gasteiger partial charge in [-0.2, -0.15) is 0 Å². The molecule has 0 aliphatic carbocycles. The third kappa shape index (κ3) is 0.909. The number of aryl methyl sites for hydroxylation is 2. The van der Waals surface area contributed by atoms with Gasteiger partial charge in [0.05, 0.1) is 16.9 Å². The van der Waals surface area contributed by atoms with Crippen LogP contribution in [0.3, 0.4) is 0 Å². The molecule has 0 aliphatic rings. The van der Waals surface area contributed by atoms with Gasteiger partial charge in [-0.25, -0.2) is 0 Å². The molecule has 11 heavy (non-hydrogen) atoms. The first kappa shape index (κ1) is 6.40. The van der Waals surface area contributed by atoms with Crippen molar-refractivity contribution in [1.82, 2.24) is 9.38 Å². The quantitative estimate of drug-likeness (QED) is 0.552. The van der Waals surface area contributed by atoms with Gasteiger partial charge in [-0.15, -0.1) is 0 Å².